The van der Waals surface area contributed by atoms with Gasteiger partial charge in [0, 0.05) is 42.0 Å². The van der Waals surface area contributed by atoms with Gasteiger partial charge in [-0.15, -0.1) is 11.8 Å². The number of nitrogens with zero attached hydrogens (tertiary/aromatic N) is 1. The lowest BCUT2D eigenvalue weighted by Crippen LogP contribution is -2.52. The van der Waals surface area contributed by atoms with Gasteiger partial charge >= 0.3 is 0 Å². The number of anilines is 1. The molecule has 0 saturated carbocycles. The molecule has 106 valence electrons. The number of aliphatic hydroxyl groups excluding tert-OH is 1. The highest BCUT2D eigenvalue weighted by Crippen LogP contribution is 2.23. The summed E-state index contributed by atoms with van der Waals surface area (Å²) >= 11 is 1.48. The van der Waals surface area contributed by atoms with Gasteiger partial charge in [-0.25, -0.2) is 12.7 Å². The van der Waals surface area contributed by atoms with E-state index in [1.54, 1.807) is 6.07 Å². The van der Waals surface area contributed by atoms with Crippen LogP contribution >= 0.6 is 11.8 Å². The Balaban J connectivity index is 1.79. The van der Waals surface area contributed by atoms with Gasteiger partial charge in [0.1, 0.15) is 0 Å². The molecule has 0 atom stereocenters. The Kier molecular flexibility index (Phi) is 4.72. The van der Waals surface area contributed by atoms with E-state index in [2.05, 4.69) is 0 Å². The van der Waals surface area contributed by atoms with Crippen LogP contribution in [-0.4, -0.2) is 49.0 Å². The molecular weight excluding hydrogens is 284 g/mol. The summed E-state index contributed by atoms with van der Waals surface area (Å²) in [6, 6.07) is 7.41. The van der Waals surface area contributed by atoms with Crippen LogP contribution in [0.2, 0.25) is 0 Å². The monoisotopic (exact) mass is 302 g/mol. The van der Waals surface area contributed by atoms with Crippen LogP contribution < -0.4 is 5.73 Å². The third-order valence-electron chi connectivity index (χ3n) is 3.04. The molecule has 5 nitrogen and oxygen atoms in total. The molecule has 1 aromatic carbocycles. The highest BCUT2D eigenvalue weighted by Gasteiger charge is 2.34. The largest absolute Gasteiger partial charge is 0.399 e. The van der Waals surface area contributed by atoms with Crippen LogP contribution in [0.25, 0.3) is 0 Å². The van der Waals surface area contributed by atoms with Crippen molar-refractivity contribution < 1.29 is 13.5 Å². The maximum Gasteiger partial charge on any atom is 0.214 e. The van der Waals surface area contributed by atoms with Crippen molar-refractivity contribution in [2.24, 2.45) is 5.92 Å². The minimum Gasteiger partial charge on any atom is -0.399 e. The molecule has 7 heteroatoms. The molecule has 2 rings (SSSR count). The van der Waals surface area contributed by atoms with Gasteiger partial charge in [0.15, 0.2) is 0 Å². The molecule has 0 radical (unpaired) electrons. The smallest absolute Gasteiger partial charge is 0.214 e. The highest BCUT2D eigenvalue weighted by molar-refractivity contribution is 8.00. The van der Waals surface area contributed by atoms with Crippen LogP contribution in [0, 0.1) is 5.92 Å². The van der Waals surface area contributed by atoms with Gasteiger partial charge in [-0.1, -0.05) is 6.07 Å². The number of hydrogen-bond donors (Lipinski definition) is 2. The van der Waals surface area contributed by atoms with Crippen molar-refractivity contribution in [2.45, 2.75) is 4.90 Å². The van der Waals surface area contributed by atoms with E-state index < -0.39 is 10.0 Å². The summed E-state index contributed by atoms with van der Waals surface area (Å²) in [4.78, 5) is 0.979. The number of nitrogens with two attached hydrogens (primary N) is 1. The van der Waals surface area contributed by atoms with Gasteiger partial charge in [0.25, 0.3) is 0 Å². The maximum atomic E-state index is 11.9. The number of aliphatic hydroxyl groups is 1. The summed E-state index contributed by atoms with van der Waals surface area (Å²) in [6.45, 7) is 0.952. The van der Waals surface area contributed by atoms with Crippen LogP contribution in [-0.2, 0) is 10.0 Å². The molecule has 0 bridgehead atoms. The Morgan fingerprint density at radius 2 is 2.16 bits per heavy atom. The number of benzene rings is 1. The first-order chi connectivity index (χ1) is 9.01. The van der Waals surface area contributed by atoms with Crippen molar-refractivity contribution in [1.82, 2.24) is 4.31 Å². The molecule has 1 heterocycles. The maximum absolute atomic E-state index is 11.9. The summed E-state index contributed by atoms with van der Waals surface area (Å²) in [6.07, 6.45) is 0. The van der Waals surface area contributed by atoms with E-state index in [-0.39, 0.29) is 18.3 Å². The van der Waals surface area contributed by atoms with Crippen LogP contribution in [0.3, 0.4) is 0 Å². The van der Waals surface area contributed by atoms with Crippen LogP contribution in [0.15, 0.2) is 29.2 Å². The Morgan fingerprint density at radius 1 is 1.42 bits per heavy atom. The molecule has 0 aliphatic carbocycles. The van der Waals surface area contributed by atoms with Crippen LogP contribution in [0.5, 0.6) is 0 Å². The van der Waals surface area contributed by atoms with Gasteiger partial charge < -0.3 is 10.8 Å². The van der Waals surface area contributed by atoms with E-state index in [1.807, 2.05) is 18.2 Å². The minimum absolute atomic E-state index is 0.0596. The number of rotatable bonds is 6. The topological polar surface area (TPSA) is 83.6 Å². The lowest BCUT2D eigenvalue weighted by molar-refractivity contribution is 0.117. The number of nitrogen functional groups attached to an aromatic ring is 1. The Morgan fingerprint density at radius 3 is 2.79 bits per heavy atom. The first-order valence-electron chi connectivity index (χ1n) is 6.08. The van der Waals surface area contributed by atoms with E-state index in [9.17, 15) is 8.42 Å². The van der Waals surface area contributed by atoms with Crippen molar-refractivity contribution >= 4 is 27.5 Å². The van der Waals surface area contributed by atoms with Gasteiger partial charge in [-0.3, -0.25) is 0 Å². The molecule has 19 heavy (non-hydrogen) atoms. The SMILES string of the molecule is Nc1cccc(SCCS(=O)(=O)N2CC(CO)C2)c1. The second-order valence-electron chi connectivity index (χ2n) is 4.60. The van der Waals surface area contributed by atoms with Crippen molar-refractivity contribution in [2.75, 3.05) is 36.9 Å². The fourth-order valence-electron chi connectivity index (χ4n) is 1.86. The van der Waals surface area contributed by atoms with Crippen LogP contribution in [0.1, 0.15) is 0 Å². The van der Waals surface area contributed by atoms with E-state index in [0.29, 0.717) is 24.5 Å². The quantitative estimate of drug-likeness (QED) is 0.594. The summed E-state index contributed by atoms with van der Waals surface area (Å²) < 4.78 is 25.3. The zero-order valence-electron chi connectivity index (χ0n) is 10.5. The summed E-state index contributed by atoms with van der Waals surface area (Å²) in [5, 5.41) is 8.88. The summed E-state index contributed by atoms with van der Waals surface area (Å²) in [7, 11) is -3.18. The predicted octanol–water partition coefficient (Wildman–Crippen LogP) is 0.615. The minimum atomic E-state index is -3.18. The Labute approximate surface area is 117 Å². The van der Waals surface area contributed by atoms with Crippen LogP contribution in [0.4, 0.5) is 5.69 Å². The van der Waals surface area contributed by atoms with E-state index in [4.69, 9.17) is 10.8 Å². The van der Waals surface area contributed by atoms with Crippen molar-refractivity contribution in [3.63, 3.8) is 0 Å². The van der Waals surface area contributed by atoms with Gasteiger partial charge in [-0.05, 0) is 18.2 Å². The third kappa shape index (κ3) is 3.85. The summed E-state index contributed by atoms with van der Waals surface area (Å²) in [5.74, 6) is 0.729. The lowest BCUT2D eigenvalue weighted by Gasteiger charge is -2.36. The molecule has 1 aliphatic rings. The number of thioether (sulfide) groups is 1. The molecular formula is C12H18N2O3S2. The average molecular weight is 302 g/mol. The van der Waals surface area contributed by atoms with E-state index >= 15 is 0 Å². The highest BCUT2D eigenvalue weighted by atomic mass is 32.2. The van der Waals surface area contributed by atoms with Crippen molar-refractivity contribution in [1.29, 1.82) is 0 Å². The molecule has 1 saturated heterocycles. The number of sulfonamides is 1. The fourth-order valence-corrected chi connectivity index (χ4v) is 4.80. The second-order valence-corrected chi connectivity index (χ2v) is 7.86. The Hall–Kier alpha value is -0.760. The van der Waals surface area contributed by atoms with Gasteiger partial charge in [-0.2, -0.15) is 0 Å². The Bertz CT molecular complexity index is 528. The molecule has 1 fully saturated rings. The van der Waals surface area contributed by atoms with Crippen molar-refractivity contribution in [3.05, 3.63) is 24.3 Å². The molecule has 0 unspecified atom stereocenters. The molecule has 1 aliphatic heterocycles. The molecule has 1 aromatic rings. The standard InChI is InChI=1S/C12H18N2O3S2/c13-11-2-1-3-12(6-11)18-4-5-19(16,17)14-7-10(8-14)9-15/h1-3,6,10,15H,4-5,7-9,13H2. The fraction of sp³-hybridized carbons (Fsp3) is 0.500. The first-order valence-corrected chi connectivity index (χ1v) is 8.68. The zero-order valence-corrected chi connectivity index (χ0v) is 12.2. The third-order valence-corrected chi connectivity index (χ3v) is 6.10. The van der Waals surface area contributed by atoms with E-state index in [1.165, 1.54) is 16.1 Å². The molecule has 0 spiro atoms. The second kappa shape index (κ2) is 6.13. The predicted molar refractivity (Wildman–Crippen MR) is 77.5 cm³/mol. The zero-order chi connectivity index (χ0) is 13.9. The average Bonchev–Trinajstić information content (AvgIpc) is 2.27. The van der Waals surface area contributed by atoms with Gasteiger partial charge in [0.2, 0.25) is 10.0 Å². The summed E-state index contributed by atoms with van der Waals surface area (Å²) in [5.41, 5.74) is 6.34. The molecule has 0 aromatic heterocycles. The van der Waals surface area contributed by atoms with Gasteiger partial charge in [0.05, 0.1) is 5.75 Å². The molecule has 3 N–H and O–H groups in total. The normalized spacial score (nSPS) is 17.3. The molecule has 0 amide bonds. The van der Waals surface area contributed by atoms with E-state index in [0.717, 1.165) is 4.90 Å². The first kappa shape index (κ1) is 14.6. The number of hydrogen-bond acceptors (Lipinski definition) is 5. The lowest BCUT2D eigenvalue weighted by atomic mass is 10.1. The van der Waals surface area contributed by atoms with Crippen molar-refractivity contribution in [3.8, 4) is 0 Å².